The fourth-order valence-corrected chi connectivity index (χ4v) is 4.27. The van der Waals surface area contributed by atoms with Crippen LogP contribution >= 0.6 is 23.4 Å². The Kier molecular flexibility index (Phi) is 6.67. The predicted octanol–water partition coefficient (Wildman–Crippen LogP) is 2.32. The van der Waals surface area contributed by atoms with Gasteiger partial charge in [-0.25, -0.2) is 12.7 Å². The van der Waals surface area contributed by atoms with Gasteiger partial charge in [-0.15, -0.1) is 10.2 Å². The van der Waals surface area contributed by atoms with Crippen molar-refractivity contribution < 1.29 is 13.2 Å². The van der Waals surface area contributed by atoms with Gasteiger partial charge in [0.15, 0.2) is 5.16 Å². The first-order valence-corrected chi connectivity index (χ1v) is 10.4. The molecule has 0 aliphatic rings. The maximum Gasteiger partial charge on any atom is 0.244 e. The van der Waals surface area contributed by atoms with Crippen LogP contribution in [-0.2, 0) is 21.4 Å². The van der Waals surface area contributed by atoms with E-state index in [1.807, 2.05) is 11.5 Å². The standard InChI is InChI=1S/C15H20ClN5O3S2/c1-5-21-9-17-19-15(21)25-10(2)14(22)18-11-6-7-12(16)13(8-11)26(23,24)20(3)4/h6-10H,5H2,1-4H3,(H,18,22). The quantitative estimate of drug-likeness (QED) is 0.694. The van der Waals surface area contributed by atoms with Crippen LogP contribution in [0, 0.1) is 0 Å². The van der Waals surface area contributed by atoms with E-state index in [2.05, 4.69) is 15.5 Å². The molecule has 1 unspecified atom stereocenters. The molecule has 0 saturated carbocycles. The Balaban J connectivity index is 2.16. The SMILES string of the molecule is CCn1cnnc1SC(C)C(=O)Nc1ccc(Cl)c(S(=O)(=O)N(C)C)c1. The number of sulfonamides is 1. The molecule has 0 saturated heterocycles. The highest BCUT2D eigenvalue weighted by Gasteiger charge is 2.23. The Morgan fingerprint density at radius 1 is 1.42 bits per heavy atom. The molecule has 0 fully saturated rings. The number of carbonyl (C=O) groups is 1. The van der Waals surface area contributed by atoms with Crippen LogP contribution in [-0.4, -0.2) is 52.7 Å². The average molecular weight is 418 g/mol. The third-order valence-corrected chi connectivity index (χ3v) is 6.92. The van der Waals surface area contributed by atoms with E-state index >= 15 is 0 Å². The summed E-state index contributed by atoms with van der Waals surface area (Å²) in [5, 5.41) is 10.8. The second kappa shape index (κ2) is 8.38. The monoisotopic (exact) mass is 417 g/mol. The van der Waals surface area contributed by atoms with Gasteiger partial charge in [0.25, 0.3) is 0 Å². The number of thioether (sulfide) groups is 1. The van der Waals surface area contributed by atoms with Gasteiger partial charge in [-0.05, 0) is 32.0 Å². The van der Waals surface area contributed by atoms with Gasteiger partial charge in [-0.2, -0.15) is 0 Å². The minimum Gasteiger partial charge on any atom is -0.325 e. The van der Waals surface area contributed by atoms with Gasteiger partial charge in [0.1, 0.15) is 11.2 Å². The maximum atomic E-state index is 12.4. The van der Waals surface area contributed by atoms with E-state index in [0.29, 0.717) is 17.4 Å². The van der Waals surface area contributed by atoms with Crippen LogP contribution in [0.5, 0.6) is 0 Å². The van der Waals surface area contributed by atoms with Gasteiger partial charge >= 0.3 is 0 Å². The van der Waals surface area contributed by atoms with Crippen molar-refractivity contribution >= 4 is 45.0 Å². The Hall–Kier alpha value is -1.62. The molecule has 11 heteroatoms. The van der Waals surface area contributed by atoms with Crippen molar-refractivity contribution in [1.29, 1.82) is 0 Å². The molecular weight excluding hydrogens is 398 g/mol. The van der Waals surface area contributed by atoms with Crippen molar-refractivity contribution in [3.05, 3.63) is 29.5 Å². The molecule has 26 heavy (non-hydrogen) atoms. The van der Waals surface area contributed by atoms with Gasteiger partial charge in [-0.3, -0.25) is 4.79 Å². The summed E-state index contributed by atoms with van der Waals surface area (Å²) in [4.78, 5) is 12.4. The molecule has 2 rings (SSSR count). The van der Waals surface area contributed by atoms with Crippen molar-refractivity contribution in [1.82, 2.24) is 19.1 Å². The number of halogens is 1. The van der Waals surface area contributed by atoms with Crippen LogP contribution in [0.15, 0.2) is 34.6 Å². The van der Waals surface area contributed by atoms with Crippen molar-refractivity contribution in [3.63, 3.8) is 0 Å². The zero-order valence-electron chi connectivity index (χ0n) is 14.8. The average Bonchev–Trinajstić information content (AvgIpc) is 3.03. The van der Waals surface area contributed by atoms with Gasteiger partial charge in [0.05, 0.1) is 10.3 Å². The molecule has 1 aromatic carbocycles. The first-order valence-electron chi connectivity index (χ1n) is 7.74. The summed E-state index contributed by atoms with van der Waals surface area (Å²) < 4.78 is 27.5. The number of hydrogen-bond acceptors (Lipinski definition) is 6. The minimum absolute atomic E-state index is 0.0620. The van der Waals surface area contributed by atoms with Gasteiger partial charge < -0.3 is 9.88 Å². The summed E-state index contributed by atoms with van der Waals surface area (Å²) >= 11 is 7.28. The van der Waals surface area contributed by atoms with E-state index in [1.165, 1.54) is 38.0 Å². The Bertz CT molecular complexity index is 898. The van der Waals surface area contributed by atoms with Crippen LogP contribution in [0.1, 0.15) is 13.8 Å². The third-order valence-electron chi connectivity index (χ3n) is 3.53. The lowest BCUT2D eigenvalue weighted by molar-refractivity contribution is -0.115. The Morgan fingerprint density at radius 3 is 2.73 bits per heavy atom. The Morgan fingerprint density at radius 2 is 2.12 bits per heavy atom. The zero-order valence-corrected chi connectivity index (χ0v) is 17.2. The molecule has 1 N–H and O–H groups in total. The second-order valence-corrected chi connectivity index (χ2v) is 9.42. The molecule has 1 atom stereocenters. The lowest BCUT2D eigenvalue weighted by atomic mass is 10.3. The highest BCUT2D eigenvalue weighted by Crippen LogP contribution is 2.28. The molecule has 0 bridgehead atoms. The van der Waals surface area contributed by atoms with E-state index in [-0.39, 0.29) is 15.8 Å². The number of nitrogens with zero attached hydrogens (tertiary/aromatic N) is 4. The van der Waals surface area contributed by atoms with Crippen LogP contribution < -0.4 is 5.32 Å². The maximum absolute atomic E-state index is 12.4. The van der Waals surface area contributed by atoms with Crippen LogP contribution in [0.25, 0.3) is 0 Å². The molecule has 0 aliphatic carbocycles. The number of rotatable bonds is 7. The van der Waals surface area contributed by atoms with Crippen LogP contribution in [0.3, 0.4) is 0 Å². The number of nitrogens with one attached hydrogen (secondary N) is 1. The molecule has 0 radical (unpaired) electrons. The fraction of sp³-hybridized carbons (Fsp3) is 0.400. The molecule has 142 valence electrons. The molecule has 1 heterocycles. The molecule has 8 nitrogen and oxygen atoms in total. The number of hydrogen-bond donors (Lipinski definition) is 1. The zero-order chi connectivity index (χ0) is 19.5. The molecule has 1 aromatic heterocycles. The number of anilines is 1. The van der Waals surface area contributed by atoms with E-state index in [9.17, 15) is 13.2 Å². The third kappa shape index (κ3) is 4.56. The summed E-state index contributed by atoms with van der Waals surface area (Å²) in [7, 11) is -0.880. The summed E-state index contributed by atoms with van der Waals surface area (Å²) in [6.45, 7) is 4.40. The first kappa shape index (κ1) is 20.7. The summed E-state index contributed by atoms with van der Waals surface area (Å²) in [5.74, 6) is -0.281. The summed E-state index contributed by atoms with van der Waals surface area (Å²) in [6.07, 6.45) is 1.60. The number of aromatic nitrogens is 3. The lowest BCUT2D eigenvalue weighted by Crippen LogP contribution is -2.24. The van der Waals surface area contributed by atoms with Crippen molar-refractivity contribution in [3.8, 4) is 0 Å². The predicted molar refractivity (Wildman–Crippen MR) is 102 cm³/mol. The lowest BCUT2D eigenvalue weighted by Gasteiger charge is -2.15. The fourth-order valence-electron chi connectivity index (χ4n) is 1.98. The van der Waals surface area contributed by atoms with Crippen molar-refractivity contribution in [2.75, 3.05) is 19.4 Å². The highest BCUT2D eigenvalue weighted by molar-refractivity contribution is 8.00. The van der Waals surface area contributed by atoms with Crippen molar-refractivity contribution in [2.45, 2.75) is 35.7 Å². The smallest absolute Gasteiger partial charge is 0.244 e. The Labute approximate surface area is 162 Å². The first-order chi connectivity index (χ1) is 12.2. The minimum atomic E-state index is -3.71. The van der Waals surface area contributed by atoms with E-state index in [4.69, 9.17) is 11.6 Å². The van der Waals surface area contributed by atoms with Gasteiger partial charge in [0, 0.05) is 26.3 Å². The number of amides is 1. The van der Waals surface area contributed by atoms with E-state index in [1.54, 1.807) is 19.3 Å². The van der Waals surface area contributed by atoms with E-state index in [0.717, 1.165) is 4.31 Å². The highest BCUT2D eigenvalue weighted by atomic mass is 35.5. The van der Waals surface area contributed by atoms with Gasteiger partial charge in [-0.1, -0.05) is 23.4 Å². The number of aryl methyl sites for hydroxylation is 1. The number of benzene rings is 1. The largest absolute Gasteiger partial charge is 0.325 e. The summed E-state index contributed by atoms with van der Waals surface area (Å²) in [5.41, 5.74) is 0.351. The molecule has 0 spiro atoms. The summed E-state index contributed by atoms with van der Waals surface area (Å²) in [6, 6.07) is 4.35. The topological polar surface area (TPSA) is 97.2 Å². The normalized spacial score (nSPS) is 13.0. The van der Waals surface area contributed by atoms with Crippen LogP contribution in [0.4, 0.5) is 5.69 Å². The molecule has 2 aromatic rings. The molecule has 0 aliphatic heterocycles. The van der Waals surface area contributed by atoms with Gasteiger partial charge in [0.2, 0.25) is 15.9 Å². The second-order valence-electron chi connectivity index (χ2n) is 5.58. The van der Waals surface area contributed by atoms with Crippen LogP contribution in [0.2, 0.25) is 5.02 Å². The van der Waals surface area contributed by atoms with Crippen molar-refractivity contribution in [2.24, 2.45) is 0 Å². The molecule has 1 amide bonds. The van der Waals surface area contributed by atoms with E-state index < -0.39 is 15.3 Å². The molecular formula is C15H20ClN5O3S2. The number of carbonyl (C=O) groups excluding carboxylic acids is 1.